The molecule has 0 spiro atoms. The van der Waals surface area contributed by atoms with Crippen LogP contribution in [0.4, 0.5) is 0 Å². The maximum Gasteiger partial charge on any atom is 0.225 e. The second-order valence-corrected chi connectivity index (χ2v) is 4.77. The first-order chi connectivity index (χ1) is 8.08. The van der Waals surface area contributed by atoms with Gasteiger partial charge in [-0.1, -0.05) is 5.16 Å². The Morgan fingerprint density at radius 1 is 1.56 bits per heavy atom. The molecule has 18 heavy (non-hydrogen) atoms. The van der Waals surface area contributed by atoms with Gasteiger partial charge in [-0.25, -0.2) is 0 Å². The summed E-state index contributed by atoms with van der Waals surface area (Å²) in [6, 6.07) is 0.111. The Balaban J connectivity index is 0.00000162. The third-order valence-corrected chi connectivity index (χ3v) is 3.23. The Bertz CT molecular complexity index is 396. The molecule has 1 aromatic heterocycles. The number of rotatable bonds is 4. The molecule has 0 saturated carbocycles. The Kier molecular flexibility index (Phi) is 5.16. The number of nitrogens with zero attached hydrogens (tertiary/aromatic N) is 1. The Labute approximate surface area is 113 Å². The first kappa shape index (κ1) is 15.0. The molecular weight excluding hydrogens is 254 g/mol. The first-order valence-corrected chi connectivity index (χ1v) is 6.00. The zero-order chi connectivity index (χ0) is 12.4. The van der Waals surface area contributed by atoms with E-state index in [0.717, 1.165) is 36.5 Å². The Morgan fingerprint density at radius 2 is 2.22 bits per heavy atom. The summed E-state index contributed by atoms with van der Waals surface area (Å²) in [5.41, 5.74) is 2.01. The van der Waals surface area contributed by atoms with Crippen molar-refractivity contribution in [3.8, 4) is 0 Å². The quantitative estimate of drug-likeness (QED) is 0.858. The highest BCUT2D eigenvalue weighted by Crippen LogP contribution is 2.14. The lowest BCUT2D eigenvalue weighted by Gasteiger charge is -2.27. The normalized spacial score (nSPS) is 16.6. The van der Waals surface area contributed by atoms with Crippen molar-refractivity contribution in [1.82, 2.24) is 15.8 Å². The highest BCUT2D eigenvalue weighted by atomic mass is 35.5. The van der Waals surface area contributed by atoms with Crippen molar-refractivity contribution in [2.24, 2.45) is 5.92 Å². The van der Waals surface area contributed by atoms with Crippen LogP contribution >= 0.6 is 12.4 Å². The van der Waals surface area contributed by atoms with Gasteiger partial charge >= 0.3 is 0 Å². The van der Waals surface area contributed by atoms with Gasteiger partial charge in [0.1, 0.15) is 5.76 Å². The monoisotopic (exact) mass is 273 g/mol. The summed E-state index contributed by atoms with van der Waals surface area (Å²) >= 11 is 0. The number of amides is 1. The van der Waals surface area contributed by atoms with Gasteiger partial charge in [0.05, 0.1) is 11.6 Å². The van der Waals surface area contributed by atoms with E-state index in [2.05, 4.69) is 15.8 Å². The second-order valence-electron chi connectivity index (χ2n) is 4.77. The summed E-state index contributed by atoms with van der Waals surface area (Å²) in [5, 5.41) is 10.0. The summed E-state index contributed by atoms with van der Waals surface area (Å²) in [6.45, 7) is 7.43. The van der Waals surface area contributed by atoms with E-state index in [4.69, 9.17) is 4.52 Å². The van der Waals surface area contributed by atoms with Gasteiger partial charge in [0.25, 0.3) is 0 Å². The molecule has 0 aromatic carbocycles. The lowest BCUT2D eigenvalue weighted by Crippen LogP contribution is -2.52. The van der Waals surface area contributed by atoms with E-state index in [1.165, 1.54) is 0 Å². The predicted octanol–water partition coefficient (Wildman–Crippen LogP) is 0.980. The van der Waals surface area contributed by atoms with Gasteiger partial charge < -0.3 is 15.2 Å². The summed E-state index contributed by atoms with van der Waals surface area (Å²) in [7, 11) is 0. The molecule has 5 nitrogen and oxygen atoms in total. The van der Waals surface area contributed by atoms with Crippen LogP contribution in [-0.4, -0.2) is 30.2 Å². The van der Waals surface area contributed by atoms with Crippen LogP contribution in [0.5, 0.6) is 0 Å². The summed E-state index contributed by atoms with van der Waals surface area (Å²) in [6.07, 6.45) is 0.771. The molecule has 2 rings (SSSR count). The van der Waals surface area contributed by atoms with Gasteiger partial charge in [-0.3, -0.25) is 4.79 Å². The summed E-state index contributed by atoms with van der Waals surface area (Å²) < 4.78 is 5.11. The van der Waals surface area contributed by atoms with E-state index >= 15 is 0 Å². The minimum absolute atomic E-state index is 0. The average Bonchev–Trinajstić information content (AvgIpc) is 2.46. The van der Waals surface area contributed by atoms with Crippen LogP contribution < -0.4 is 10.6 Å². The number of halogens is 1. The number of hydrogen-bond donors (Lipinski definition) is 2. The molecule has 1 aliphatic rings. The molecule has 102 valence electrons. The van der Waals surface area contributed by atoms with E-state index in [9.17, 15) is 4.79 Å². The third kappa shape index (κ3) is 3.23. The number of carbonyl (C=O) groups is 1. The zero-order valence-corrected chi connectivity index (χ0v) is 11.8. The lowest BCUT2D eigenvalue weighted by molar-refractivity contribution is -0.127. The molecule has 1 aliphatic heterocycles. The van der Waals surface area contributed by atoms with Crippen molar-refractivity contribution >= 4 is 18.3 Å². The van der Waals surface area contributed by atoms with Gasteiger partial charge in [0.15, 0.2) is 0 Å². The second kappa shape index (κ2) is 6.20. The van der Waals surface area contributed by atoms with Crippen molar-refractivity contribution in [2.75, 3.05) is 13.1 Å². The largest absolute Gasteiger partial charge is 0.361 e. The molecule has 1 aromatic rings. The van der Waals surface area contributed by atoms with E-state index < -0.39 is 0 Å². The highest BCUT2D eigenvalue weighted by Gasteiger charge is 2.26. The van der Waals surface area contributed by atoms with Crippen LogP contribution in [0.1, 0.15) is 23.9 Å². The van der Waals surface area contributed by atoms with Crippen molar-refractivity contribution in [1.29, 1.82) is 0 Å². The highest BCUT2D eigenvalue weighted by molar-refractivity contribution is 5.85. The Morgan fingerprint density at radius 3 is 2.67 bits per heavy atom. The molecule has 6 heteroatoms. The van der Waals surface area contributed by atoms with Gasteiger partial charge in [-0.2, -0.15) is 0 Å². The molecule has 1 amide bonds. The fourth-order valence-electron chi connectivity index (χ4n) is 1.99. The van der Waals surface area contributed by atoms with E-state index in [0.29, 0.717) is 0 Å². The molecule has 1 fully saturated rings. The number of nitrogens with one attached hydrogen (secondary N) is 2. The van der Waals surface area contributed by atoms with Crippen LogP contribution in [0.3, 0.4) is 0 Å². The lowest BCUT2D eigenvalue weighted by atomic mass is 10.0. The van der Waals surface area contributed by atoms with Gasteiger partial charge in [-0.05, 0) is 27.2 Å². The number of aromatic nitrogens is 1. The third-order valence-electron chi connectivity index (χ3n) is 3.23. The van der Waals surface area contributed by atoms with Crippen molar-refractivity contribution in [3.05, 3.63) is 17.0 Å². The van der Waals surface area contributed by atoms with Crippen LogP contribution in [0, 0.1) is 19.8 Å². The van der Waals surface area contributed by atoms with Crippen LogP contribution in [0.25, 0.3) is 0 Å². The molecular formula is C12H20ClN3O2. The zero-order valence-electron chi connectivity index (χ0n) is 10.9. The maximum atomic E-state index is 11.7. The van der Waals surface area contributed by atoms with Crippen LogP contribution in [0.2, 0.25) is 0 Å². The average molecular weight is 274 g/mol. The van der Waals surface area contributed by atoms with Crippen molar-refractivity contribution in [3.63, 3.8) is 0 Å². The topological polar surface area (TPSA) is 67.2 Å². The SMILES string of the molecule is Cc1noc(C)c1CC(C)NC(=O)C1CNC1.Cl. The summed E-state index contributed by atoms with van der Waals surface area (Å²) in [4.78, 5) is 11.7. The maximum absolute atomic E-state index is 11.7. The van der Waals surface area contributed by atoms with E-state index in [1.54, 1.807) is 0 Å². The minimum atomic E-state index is 0. The molecule has 2 heterocycles. The standard InChI is InChI=1S/C12H19N3O2.ClH/c1-7(14-12(16)10-5-13-6-10)4-11-8(2)15-17-9(11)3;/h7,10,13H,4-6H2,1-3H3,(H,14,16);1H. The fourth-order valence-corrected chi connectivity index (χ4v) is 1.99. The Hall–Kier alpha value is -1.07. The molecule has 2 N–H and O–H groups in total. The molecule has 1 unspecified atom stereocenters. The fraction of sp³-hybridized carbons (Fsp3) is 0.667. The van der Waals surface area contributed by atoms with Crippen LogP contribution in [0.15, 0.2) is 4.52 Å². The molecule has 1 saturated heterocycles. The van der Waals surface area contributed by atoms with Gasteiger partial charge in [0, 0.05) is 24.7 Å². The van der Waals surface area contributed by atoms with Crippen molar-refractivity contribution < 1.29 is 9.32 Å². The first-order valence-electron chi connectivity index (χ1n) is 6.00. The number of carbonyl (C=O) groups excluding carboxylic acids is 1. The van der Waals surface area contributed by atoms with Gasteiger partial charge in [0.2, 0.25) is 5.91 Å². The van der Waals surface area contributed by atoms with E-state index in [1.807, 2.05) is 20.8 Å². The van der Waals surface area contributed by atoms with E-state index in [-0.39, 0.29) is 30.3 Å². The molecule has 0 radical (unpaired) electrons. The minimum Gasteiger partial charge on any atom is -0.361 e. The molecule has 1 atom stereocenters. The predicted molar refractivity (Wildman–Crippen MR) is 70.9 cm³/mol. The number of aryl methyl sites for hydroxylation is 2. The molecule has 0 bridgehead atoms. The number of hydrogen-bond acceptors (Lipinski definition) is 4. The smallest absolute Gasteiger partial charge is 0.225 e. The van der Waals surface area contributed by atoms with Crippen molar-refractivity contribution in [2.45, 2.75) is 33.2 Å². The molecule has 0 aliphatic carbocycles. The van der Waals surface area contributed by atoms with Crippen LogP contribution in [-0.2, 0) is 11.2 Å². The summed E-state index contributed by atoms with van der Waals surface area (Å²) in [5.74, 6) is 1.12. The van der Waals surface area contributed by atoms with Gasteiger partial charge in [-0.15, -0.1) is 12.4 Å².